The number of halogens is 4. The Bertz CT molecular complexity index is 667. The van der Waals surface area contributed by atoms with E-state index in [4.69, 9.17) is 11.6 Å². The molecule has 0 aromatic heterocycles. The molecule has 0 bridgehead atoms. The predicted molar refractivity (Wildman–Crippen MR) is 73.6 cm³/mol. The van der Waals surface area contributed by atoms with Crippen molar-refractivity contribution in [3.63, 3.8) is 0 Å². The van der Waals surface area contributed by atoms with E-state index in [1.807, 2.05) is 0 Å². The number of hydrogen-bond donors (Lipinski definition) is 1. The minimum absolute atomic E-state index is 0.291. The van der Waals surface area contributed by atoms with E-state index >= 15 is 0 Å². The number of carbonyl (C=O) groups excluding carboxylic acids is 1. The van der Waals surface area contributed by atoms with Crippen molar-refractivity contribution < 1.29 is 18.0 Å². The van der Waals surface area contributed by atoms with Crippen LogP contribution in [-0.2, 0) is 0 Å². The fraction of sp³-hybridized carbons (Fsp3) is 0.133. The van der Waals surface area contributed by atoms with E-state index in [1.54, 1.807) is 31.2 Å². The van der Waals surface area contributed by atoms with Crippen LogP contribution in [0.25, 0.3) is 0 Å². The minimum Gasteiger partial charge on any atom is -0.346 e. The normalized spacial score (nSPS) is 12.0. The highest BCUT2D eigenvalue weighted by molar-refractivity contribution is 6.30. The van der Waals surface area contributed by atoms with Gasteiger partial charge in [0, 0.05) is 10.6 Å². The third-order valence-corrected chi connectivity index (χ3v) is 3.18. The molecular formula is C15H11ClF3NO. The maximum absolute atomic E-state index is 13.1. The smallest absolute Gasteiger partial charge is 0.251 e. The van der Waals surface area contributed by atoms with Gasteiger partial charge in [-0.3, -0.25) is 4.79 Å². The number of amides is 1. The predicted octanol–water partition coefficient (Wildman–Crippen LogP) is 4.25. The van der Waals surface area contributed by atoms with Gasteiger partial charge in [-0.15, -0.1) is 0 Å². The summed E-state index contributed by atoms with van der Waals surface area (Å²) in [5.74, 6) is -5.12. The molecule has 110 valence electrons. The Kier molecular flexibility index (Phi) is 4.53. The third-order valence-electron chi connectivity index (χ3n) is 2.94. The molecule has 1 atom stereocenters. The lowest BCUT2D eigenvalue weighted by Gasteiger charge is -2.15. The average molecular weight is 314 g/mol. The maximum Gasteiger partial charge on any atom is 0.251 e. The summed E-state index contributed by atoms with van der Waals surface area (Å²) >= 11 is 5.85. The first-order valence-electron chi connectivity index (χ1n) is 6.09. The van der Waals surface area contributed by atoms with Crippen LogP contribution in [0, 0.1) is 17.5 Å². The first-order valence-corrected chi connectivity index (χ1v) is 6.47. The van der Waals surface area contributed by atoms with Crippen LogP contribution in [0.2, 0.25) is 5.02 Å². The Balaban J connectivity index is 2.18. The molecule has 2 nitrogen and oxygen atoms in total. The van der Waals surface area contributed by atoms with Gasteiger partial charge in [-0.05, 0) is 36.8 Å². The van der Waals surface area contributed by atoms with Gasteiger partial charge in [0.15, 0.2) is 17.5 Å². The van der Waals surface area contributed by atoms with Gasteiger partial charge in [0.2, 0.25) is 0 Å². The molecule has 2 rings (SSSR count). The Morgan fingerprint density at radius 1 is 1.14 bits per heavy atom. The number of hydrogen-bond acceptors (Lipinski definition) is 1. The first-order chi connectivity index (χ1) is 9.88. The zero-order valence-corrected chi connectivity index (χ0v) is 11.7. The molecule has 6 heteroatoms. The summed E-state index contributed by atoms with van der Waals surface area (Å²) in [5, 5.41) is 3.07. The molecule has 1 N–H and O–H groups in total. The van der Waals surface area contributed by atoms with E-state index in [9.17, 15) is 18.0 Å². The SMILES string of the molecule is CC(NC(=O)c1cc(F)c(F)c(F)c1)c1cccc(Cl)c1. The van der Waals surface area contributed by atoms with Gasteiger partial charge in [0.25, 0.3) is 5.91 Å². The van der Waals surface area contributed by atoms with Crippen LogP contribution in [0.3, 0.4) is 0 Å². The number of nitrogens with one attached hydrogen (secondary N) is 1. The van der Waals surface area contributed by atoms with E-state index in [2.05, 4.69) is 5.32 Å². The lowest BCUT2D eigenvalue weighted by Crippen LogP contribution is -2.27. The second kappa shape index (κ2) is 6.18. The molecule has 0 spiro atoms. The molecule has 0 radical (unpaired) electrons. The lowest BCUT2D eigenvalue weighted by atomic mass is 10.1. The van der Waals surface area contributed by atoms with Gasteiger partial charge >= 0.3 is 0 Å². The van der Waals surface area contributed by atoms with Crippen LogP contribution >= 0.6 is 11.6 Å². The van der Waals surface area contributed by atoms with Crippen molar-refractivity contribution in [2.24, 2.45) is 0 Å². The topological polar surface area (TPSA) is 29.1 Å². The van der Waals surface area contributed by atoms with Gasteiger partial charge in [0.1, 0.15) is 0 Å². The quantitative estimate of drug-likeness (QED) is 0.843. The van der Waals surface area contributed by atoms with Gasteiger partial charge in [-0.25, -0.2) is 13.2 Å². The molecular weight excluding hydrogens is 303 g/mol. The van der Waals surface area contributed by atoms with Crippen molar-refractivity contribution in [1.29, 1.82) is 0 Å². The summed E-state index contributed by atoms with van der Waals surface area (Å²) in [5.41, 5.74) is 0.444. The molecule has 0 saturated carbocycles. The summed E-state index contributed by atoms with van der Waals surface area (Å²) in [7, 11) is 0. The number of benzene rings is 2. The summed E-state index contributed by atoms with van der Waals surface area (Å²) in [6, 6.07) is 7.70. The second-order valence-electron chi connectivity index (χ2n) is 4.50. The maximum atomic E-state index is 13.1. The highest BCUT2D eigenvalue weighted by atomic mass is 35.5. The van der Waals surface area contributed by atoms with Crippen molar-refractivity contribution in [1.82, 2.24) is 5.32 Å². The number of carbonyl (C=O) groups is 1. The standard InChI is InChI=1S/C15H11ClF3NO/c1-8(9-3-2-4-11(16)5-9)20-15(21)10-6-12(17)14(19)13(18)7-10/h2-8H,1H3,(H,20,21). The molecule has 2 aromatic carbocycles. The Morgan fingerprint density at radius 2 is 1.76 bits per heavy atom. The van der Waals surface area contributed by atoms with Gasteiger partial charge < -0.3 is 5.32 Å². The van der Waals surface area contributed by atoms with E-state index in [0.29, 0.717) is 17.2 Å². The molecule has 0 aliphatic rings. The van der Waals surface area contributed by atoms with Crippen LogP contribution in [0.5, 0.6) is 0 Å². The van der Waals surface area contributed by atoms with Crippen molar-refractivity contribution in [3.05, 3.63) is 70.0 Å². The fourth-order valence-electron chi connectivity index (χ4n) is 1.83. The Labute approximate surface area is 124 Å². The van der Waals surface area contributed by atoms with Crippen LogP contribution < -0.4 is 5.32 Å². The molecule has 0 saturated heterocycles. The van der Waals surface area contributed by atoms with Crippen LogP contribution in [0.1, 0.15) is 28.9 Å². The Hall–Kier alpha value is -2.01. The molecule has 2 aromatic rings. The fourth-order valence-corrected chi connectivity index (χ4v) is 2.02. The largest absolute Gasteiger partial charge is 0.346 e. The monoisotopic (exact) mass is 313 g/mol. The van der Waals surface area contributed by atoms with Crippen molar-refractivity contribution >= 4 is 17.5 Å². The highest BCUT2D eigenvalue weighted by Crippen LogP contribution is 2.19. The van der Waals surface area contributed by atoms with Crippen LogP contribution in [0.15, 0.2) is 36.4 Å². The lowest BCUT2D eigenvalue weighted by molar-refractivity contribution is 0.0938. The zero-order valence-electron chi connectivity index (χ0n) is 11.0. The van der Waals surface area contributed by atoms with E-state index < -0.39 is 29.4 Å². The van der Waals surface area contributed by atoms with Crippen LogP contribution in [-0.4, -0.2) is 5.91 Å². The number of rotatable bonds is 3. The molecule has 0 aliphatic carbocycles. The van der Waals surface area contributed by atoms with Gasteiger partial charge in [-0.2, -0.15) is 0 Å². The third kappa shape index (κ3) is 3.55. The van der Waals surface area contributed by atoms with Gasteiger partial charge in [0.05, 0.1) is 6.04 Å². The van der Waals surface area contributed by atoms with Crippen molar-refractivity contribution in [2.75, 3.05) is 0 Å². The minimum atomic E-state index is -1.60. The molecule has 0 fully saturated rings. The molecule has 1 unspecified atom stereocenters. The first kappa shape index (κ1) is 15.4. The zero-order chi connectivity index (χ0) is 15.6. The second-order valence-corrected chi connectivity index (χ2v) is 4.94. The van der Waals surface area contributed by atoms with E-state index in [0.717, 1.165) is 5.56 Å². The van der Waals surface area contributed by atoms with E-state index in [1.165, 1.54) is 0 Å². The van der Waals surface area contributed by atoms with Crippen LogP contribution in [0.4, 0.5) is 13.2 Å². The van der Waals surface area contributed by atoms with Crippen molar-refractivity contribution in [2.45, 2.75) is 13.0 Å². The molecule has 1 amide bonds. The summed E-state index contributed by atoms with van der Waals surface area (Å²) in [4.78, 5) is 11.9. The Morgan fingerprint density at radius 3 is 2.33 bits per heavy atom. The summed E-state index contributed by atoms with van der Waals surface area (Å²) < 4.78 is 39.1. The molecule has 0 aliphatic heterocycles. The van der Waals surface area contributed by atoms with Gasteiger partial charge in [-0.1, -0.05) is 23.7 Å². The van der Waals surface area contributed by atoms with E-state index in [-0.39, 0.29) is 5.56 Å². The molecule has 0 heterocycles. The summed E-state index contributed by atoms with van der Waals surface area (Å²) in [6.45, 7) is 1.69. The van der Waals surface area contributed by atoms with Crippen molar-refractivity contribution in [3.8, 4) is 0 Å². The highest BCUT2D eigenvalue weighted by Gasteiger charge is 2.17. The average Bonchev–Trinajstić information content (AvgIpc) is 2.44. The molecule has 21 heavy (non-hydrogen) atoms. The summed E-state index contributed by atoms with van der Waals surface area (Å²) in [6.07, 6.45) is 0.